The zero-order valence-electron chi connectivity index (χ0n) is 5.62. The maximum absolute atomic E-state index is 9.36. The van der Waals surface area contributed by atoms with E-state index in [2.05, 4.69) is 20.9 Å². The van der Waals surface area contributed by atoms with Crippen molar-refractivity contribution in [2.24, 2.45) is 0 Å². The van der Waals surface area contributed by atoms with Crippen LogP contribution in [0.25, 0.3) is 0 Å². The summed E-state index contributed by atoms with van der Waals surface area (Å²) in [6.07, 6.45) is 3.50. The van der Waals surface area contributed by atoms with E-state index in [1.165, 1.54) is 6.92 Å². The molecule has 0 atom stereocenters. The van der Waals surface area contributed by atoms with Crippen molar-refractivity contribution in [3.63, 3.8) is 0 Å². The number of hydrogen-bond donors (Lipinski definition) is 0. The van der Waals surface area contributed by atoms with Crippen molar-refractivity contribution in [1.82, 2.24) is 4.98 Å². The Hall–Kier alpha value is -0.700. The van der Waals surface area contributed by atoms with Gasteiger partial charge in [0.2, 0.25) is 0 Å². The molecule has 1 aromatic heterocycles. The van der Waals surface area contributed by atoms with Crippen LogP contribution >= 0.6 is 15.9 Å². The molecule has 0 aromatic carbocycles. The molecule has 0 aliphatic rings. The number of pyridine rings is 1. The van der Waals surface area contributed by atoms with E-state index in [4.69, 9.17) is 0 Å². The van der Waals surface area contributed by atoms with Crippen molar-refractivity contribution in [1.29, 1.82) is 0 Å². The maximum Gasteiger partial charge on any atom is 0.194 e. The summed E-state index contributed by atoms with van der Waals surface area (Å²) in [4.78, 5) is 13.1. The van der Waals surface area contributed by atoms with Gasteiger partial charge >= 0.3 is 0 Å². The van der Waals surface area contributed by atoms with Gasteiger partial charge in [0.15, 0.2) is 4.69 Å². The normalized spacial score (nSPS) is 7.40. The summed E-state index contributed by atoms with van der Waals surface area (Å²) in [5.74, 6) is 0. The molecule has 3 heteroatoms. The summed E-state index contributed by atoms with van der Waals surface area (Å²) in [5, 5.41) is 0. The molecule has 1 aromatic rings. The van der Waals surface area contributed by atoms with Crippen LogP contribution in [0.5, 0.6) is 0 Å². The first-order chi connectivity index (χ1) is 4.73. The Labute approximate surface area is 68.4 Å². The van der Waals surface area contributed by atoms with Gasteiger partial charge in [-0.05, 0) is 28.1 Å². The van der Waals surface area contributed by atoms with Gasteiger partial charge in [-0.1, -0.05) is 6.07 Å². The van der Waals surface area contributed by atoms with Gasteiger partial charge in [0.1, 0.15) is 0 Å². The fourth-order valence-corrected chi connectivity index (χ4v) is 0.313. The van der Waals surface area contributed by atoms with E-state index in [0.717, 1.165) is 0 Å². The highest BCUT2D eigenvalue weighted by Gasteiger charge is 1.66. The molecule has 2 nitrogen and oxygen atoms in total. The summed E-state index contributed by atoms with van der Waals surface area (Å²) >= 11 is 2.63. The summed E-state index contributed by atoms with van der Waals surface area (Å²) in [6.45, 7) is 1.44. The first-order valence-corrected chi connectivity index (χ1v) is 3.54. The Morgan fingerprint density at radius 2 is 1.70 bits per heavy atom. The minimum atomic E-state index is -0.0208. The number of halogens is 1. The zero-order valence-corrected chi connectivity index (χ0v) is 7.21. The van der Waals surface area contributed by atoms with Gasteiger partial charge in [0.25, 0.3) is 0 Å². The Balaban J connectivity index is 0.000000180. The van der Waals surface area contributed by atoms with Gasteiger partial charge in [0, 0.05) is 19.3 Å². The summed E-state index contributed by atoms with van der Waals surface area (Å²) < 4.78 is -0.0208. The van der Waals surface area contributed by atoms with Crippen LogP contribution in [0.4, 0.5) is 0 Å². The number of hydrogen-bond acceptors (Lipinski definition) is 2. The van der Waals surface area contributed by atoms with Gasteiger partial charge in [-0.15, -0.1) is 0 Å². The van der Waals surface area contributed by atoms with Crippen LogP contribution in [-0.4, -0.2) is 9.68 Å². The zero-order chi connectivity index (χ0) is 7.82. The van der Waals surface area contributed by atoms with Crippen molar-refractivity contribution in [3.05, 3.63) is 30.6 Å². The van der Waals surface area contributed by atoms with Crippen molar-refractivity contribution < 1.29 is 4.79 Å². The molecule has 0 saturated carbocycles. The Morgan fingerprint density at radius 1 is 1.30 bits per heavy atom. The van der Waals surface area contributed by atoms with E-state index in [1.54, 1.807) is 12.4 Å². The van der Waals surface area contributed by atoms with Gasteiger partial charge in [-0.25, -0.2) is 0 Å². The lowest BCUT2D eigenvalue weighted by atomic mass is 10.5. The first kappa shape index (κ1) is 9.30. The van der Waals surface area contributed by atoms with Gasteiger partial charge in [-0.3, -0.25) is 9.78 Å². The van der Waals surface area contributed by atoms with E-state index in [0.29, 0.717) is 0 Å². The molecule has 1 rings (SSSR count). The van der Waals surface area contributed by atoms with Crippen LogP contribution in [0.2, 0.25) is 0 Å². The maximum atomic E-state index is 9.36. The van der Waals surface area contributed by atoms with Crippen LogP contribution in [0.1, 0.15) is 6.92 Å². The highest BCUT2D eigenvalue weighted by atomic mass is 79.9. The van der Waals surface area contributed by atoms with Crippen molar-refractivity contribution in [2.45, 2.75) is 6.92 Å². The molecule has 0 N–H and O–H groups in total. The van der Waals surface area contributed by atoms with Crippen molar-refractivity contribution >= 4 is 20.6 Å². The van der Waals surface area contributed by atoms with E-state index in [-0.39, 0.29) is 4.69 Å². The quantitative estimate of drug-likeness (QED) is 0.602. The lowest BCUT2D eigenvalue weighted by Gasteiger charge is -1.70. The van der Waals surface area contributed by atoms with E-state index in [1.807, 2.05) is 18.2 Å². The average Bonchev–Trinajstić information content (AvgIpc) is 1.90. The third-order valence-corrected chi connectivity index (χ3v) is 0.566. The van der Waals surface area contributed by atoms with Gasteiger partial charge in [-0.2, -0.15) is 0 Å². The molecule has 10 heavy (non-hydrogen) atoms. The smallest absolute Gasteiger partial charge is 0.194 e. The third kappa shape index (κ3) is 10.3. The molecule has 0 bridgehead atoms. The highest BCUT2D eigenvalue weighted by Crippen LogP contribution is 1.74. The largest absolute Gasteiger partial charge is 0.287 e. The molecule has 0 saturated heterocycles. The molecular formula is C7H8BrNO. The third-order valence-electron chi connectivity index (χ3n) is 0.566. The molecule has 0 fully saturated rings. The molecule has 0 amide bonds. The summed E-state index contributed by atoms with van der Waals surface area (Å²) in [6, 6.07) is 5.72. The molecule has 0 aliphatic carbocycles. The molecule has 54 valence electrons. The predicted molar refractivity (Wildman–Crippen MR) is 43.8 cm³/mol. The second kappa shape index (κ2) is 6.42. The molecule has 0 aliphatic heterocycles. The monoisotopic (exact) mass is 201 g/mol. The van der Waals surface area contributed by atoms with Crippen molar-refractivity contribution in [3.8, 4) is 0 Å². The lowest BCUT2D eigenvalue weighted by Crippen LogP contribution is -1.60. The Bertz CT molecular complexity index is 146. The average molecular weight is 202 g/mol. The van der Waals surface area contributed by atoms with E-state index in [9.17, 15) is 4.79 Å². The second-order valence-corrected chi connectivity index (χ2v) is 2.61. The minimum Gasteiger partial charge on any atom is -0.287 e. The van der Waals surface area contributed by atoms with Crippen LogP contribution in [0.3, 0.4) is 0 Å². The standard InChI is InChI=1S/C5H5N.C2H3BrO/c1-2-4-6-5-3-1;1-2(3)4/h1-5H;1H3. The number of carbonyl (C=O) groups is 1. The molecular weight excluding hydrogens is 194 g/mol. The number of nitrogens with zero attached hydrogens (tertiary/aromatic N) is 1. The number of rotatable bonds is 0. The molecule has 1 heterocycles. The van der Waals surface area contributed by atoms with Crippen LogP contribution in [-0.2, 0) is 4.79 Å². The first-order valence-electron chi connectivity index (χ1n) is 2.74. The lowest BCUT2D eigenvalue weighted by molar-refractivity contribution is -0.108. The SMILES string of the molecule is CC(=O)Br.c1ccncc1. The van der Waals surface area contributed by atoms with Crippen LogP contribution in [0, 0.1) is 0 Å². The number of aromatic nitrogens is 1. The fourth-order valence-electron chi connectivity index (χ4n) is 0.313. The summed E-state index contributed by atoms with van der Waals surface area (Å²) in [5.41, 5.74) is 0. The van der Waals surface area contributed by atoms with Gasteiger partial charge in [0.05, 0.1) is 0 Å². The fraction of sp³-hybridized carbons (Fsp3) is 0.143. The highest BCUT2D eigenvalue weighted by molar-refractivity contribution is 9.18. The Morgan fingerprint density at radius 3 is 1.80 bits per heavy atom. The second-order valence-electron chi connectivity index (χ2n) is 1.49. The predicted octanol–water partition coefficient (Wildman–Crippen LogP) is 2.01. The Kier molecular flexibility index (Phi) is 5.97. The van der Waals surface area contributed by atoms with E-state index >= 15 is 0 Å². The summed E-state index contributed by atoms with van der Waals surface area (Å²) in [7, 11) is 0. The minimum absolute atomic E-state index is 0.0208. The topological polar surface area (TPSA) is 30.0 Å². The molecule has 0 radical (unpaired) electrons. The molecule has 0 spiro atoms. The van der Waals surface area contributed by atoms with Crippen LogP contribution in [0.15, 0.2) is 30.6 Å². The molecule has 0 unspecified atom stereocenters. The van der Waals surface area contributed by atoms with E-state index < -0.39 is 0 Å². The van der Waals surface area contributed by atoms with Crippen molar-refractivity contribution in [2.75, 3.05) is 0 Å². The van der Waals surface area contributed by atoms with Crippen LogP contribution < -0.4 is 0 Å². The number of carbonyl (C=O) groups excluding carboxylic acids is 1. The van der Waals surface area contributed by atoms with Gasteiger partial charge < -0.3 is 0 Å².